The first-order valence-electron chi connectivity index (χ1n) is 9.21. The van der Waals surface area contributed by atoms with E-state index >= 15 is 0 Å². The molecule has 0 bridgehead atoms. The van der Waals surface area contributed by atoms with Gasteiger partial charge in [-0.1, -0.05) is 54.6 Å². The molecule has 0 aromatic heterocycles. The normalized spacial score (nSPS) is 12.2. The number of rotatable bonds is 0. The molecule has 0 radical (unpaired) electrons. The summed E-state index contributed by atoms with van der Waals surface area (Å²) in [4.78, 5) is 0. The summed E-state index contributed by atoms with van der Waals surface area (Å²) in [5.41, 5.74) is 2.69. The van der Waals surface area contributed by atoms with E-state index in [1.807, 2.05) is 0 Å². The second kappa shape index (κ2) is 4.74. The van der Waals surface area contributed by atoms with Crippen LogP contribution in [0.2, 0.25) is 0 Å². The van der Waals surface area contributed by atoms with Crippen LogP contribution in [0.4, 0.5) is 0 Å². The monoisotopic (exact) mass is 330 g/mol. The Labute approximate surface area is 152 Å². The molecule has 0 heteroatoms. The molecule has 0 heterocycles. The second-order valence-corrected chi connectivity index (χ2v) is 7.55. The first-order chi connectivity index (χ1) is 12.7. The molecular weight excluding hydrogens is 312 g/mol. The topological polar surface area (TPSA) is 0 Å². The summed E-state index contributed by atoms with van der Waals surface area (Å²) in [7, 11) is 0. The van der Waals surface area contributed by atoms with Gasteiger partial charge in [0.1, 0.15) is 0 Å². The highest BCUT2D eigenvalue weighted by Crippen LogP contribution is 2.40. The predicted octanol–water partition coefficient (Wildman–Crippen LogP) is 7.51. The summed E-state index contributed by atoms with van der Waals surface area (Å²) in [5, 5.41) is 13.6. The molecule has 6 aromatic rings. The second-order valence-electron chi connectivity index (χ2n) is 7.55. The number of hydrogen-bond acceptors (Lipinski definition) is 0. The SMILES string of the molecule is Cc1ccc(C)c2cc3c(cc4ccc5cccc6ccc3c4c56)cc12. The van der Waals surface area contributed by atoms with Crippen LogP contribution in [0.5, 0.6) is 0 Å². The molecule has 0 saturated carbocycles. The van der Waals surface area contributed by atoms with Crippen molar-refractivity contribution in [2.75, 3.05) is 0 Å². The summed E-state index contributed by atoms with van der Waals surface area (Å²) in [6, 6.07) is 27.3. The van der Waals surface area contributed by atoms with Crippen LogP contribution >= 0.6 is 0 Å². The van der Waals surface area contributed by atoms with E-state index in [9.17, 15) is 0 Å². The molecule has 0 aliphatic rings. The average molecular weight is 330 g/mol. The number of hydrogen-bond donors (Lipinski definition) is 0. The molecule has 0 spiro atoms. The van der Waals surface area contributed by atoms with E-state index in [2.05, 4.69) is 86.6 Å². The fraction of sp³-hybridized carbons (Fsp3) is 0.0769. The lowest BCUT2D eigenvalue weighted by molar-refractivity contribution is 1.47. The molecule has 0 N–H and O–H groups in total. The third-order valence-electron chi connectivity index (χ3n) is 6.03. The van der Waals surface area contributed by atoms with Crippen molar-refractivity contribution < 1.29 is 0 Å². The molecule has 0 unspecified atom stereocenters. The van der Waals surface area contributed by atoms with Crippen LogP contribution in [-0.4, -0.2) is 0 Å². The Morgan fingerprint density at radius 3 is 1.85 bits per heavy atom. The Balaban J connectivity index is 1.93. The maximum Gasteiger partial charge on any atom is -0.00203 e. The summed E-state index contributed by atoms with van der Waals surface area (Å²) in [6.45, 7) is 4.42. The highest BCUT2D eigenvalue weighted by Gasteiger charge is 2.12. The Morgan fingerprint density at radius 1 is 0.423 bits per heavy atom. The summed E-state index contributed by atoms with van der Waals surface area (Å²) in [5.74, 6) is 0. The Bertz CT molecular complexity index is 1470. The van der Waals surface area contributed by atoms with Crippen molar-refractivity contribution in [3.05, 3.63) is 83.9 Å². The number of aryl methyl sites for hydroxylation is 2. The zero-order valence-electron chi connectivity index (χ0n) is 14.9. The molecule has 0 fully saturated rings. The molecule has 0 amide bonds. The van der Waals surface area contributed by atoms with E-state index in [4.69, 9.17) is 0 Å². The van der Waals surface area contributed by atoms with Crippen LogP contribution < -0.4 is 0 Å². The fourth-order valence-corrected chi connectivity index (χ4v) is 4.67. The molecule has 0 atom stereocenters. The first-order valence-corrected chi connectivity index (χ1v) is 9.21. The van der Waals surface area contributed by atoms with Gasteiger partial charge in [0, 0.05) is 0 Å². The molecule has 6 aromatic carbocycles. The Hall–Kier alpha value is -3.12. The predicted molar refractivity (Wildman–Crippen MR) is 115 cm³/mol. The highest BCUT2D eigenvalue weighted by atomic mass is 14.2. The first kappa shape index (κ1) is 14.1. The van der Waals surface area contributed by atoms with E-state index in [-0.39, 0.29) is 0 Å². The largest absolute Gasteiger partial charge is 0.0610 e. The van der Waals surface area contributed by atoms with Crippen LogP contribution in [0.3, 0.4) is 0 Å². The van der Waals surface area contributed by atoms with Gasteiger partial charge in [-0.05, 0) is 97.0 Å². The van der Waals surface area contributed by atoms with Crippen LogP contribution in [0, 0.1) is 13.8 Å². The van der Waals surface area contributed by atoms with Crippen molar-refractivity contribution in [2.45, 2.75) is 13.8 Å². The van der Waals surface area contributed by atoms with Crippen molar-refractivity contribution in [1.82, 2.24) is 0 Å². The Kier molecular flexibility index (Phi) is 2.57. The van der Waals surface area contributed by atoms with Gasteiger partial charge in [-0.25, -0.2) is 0 Å². The van der Waals surface area contributed by atoms with E-state index in [1.165, 1.54) is 65.0 Å². The number of fused-ring (bicyclic) bond motifs is 3. The molecule has 0 saturated heterocycles. The summed E-state index contributed by atoms with van der Waals surface area (Å²) < 4.78 is 0. The third-order valence-corrected chi connectivity index (χ3v) is 6.03. The summed E-state index contributed by atoms with van der Waals surface area (Å²) in [6.07, 6.45) is 0. The summed E-state index contributed by atoms with van der Waals surface area (Å²) >= 11 is 0. The van der Waals surface area contributed by atoms with E-state index in [1.54, 1.807) is 0 Å². The van der Waals surface area contributed by atoms with Crippen LogP contribution in [-0.2, 0) is 0 Å². The van der Waals surface area contributed by atoms with Crippen molar-refractivity contribution in [3.63, 3.8) is 0 Å². The molecule has 0 nitrogen and oxygen atoms in total. The molecule has 26 heavy (non-hydrogen) atoms. The van der Waals surface area contributed by atoms with Gasteiger partial charge in [-0.3, -0.25) is 0 Å². The minimum Gasteiger partial charge on any atom is -0.0610 e. The van der Waals surface area contributed by atoms with Crippen molar-refractivity contribution in [3.8, 4) is 0 Å². The maximum absolute atomic E-state index is 2.40. The molecule has 0 aliphatic heterocycles. The smallest absolute Gasteiger partial charge is 0.00203 e. The molecule has 6 rings (SSSR count). The number of benzene rings is 6. The minimum atomic E-state index is 1.33. The third kappa shape index (κ3) is 1.69. The van der Waals surface area contributed by atoms with Gasteiger partial charge in [0.25, 0.3) is 0 Å². The van der Waals surface area contributed by atoms with Gasteiger partial charge in [0.15, 0.2) is 0 Å². The van der Waals surface area contributed by atoms with Crippen molar-refractivity contribution in [2.24, 2.45) is 0 Å². The Morgan fingerprint density at radius 2 is 1.08 bits per heavy atom. The van der Waals surface area contributed by atoms with Gasteiger partial charge in [0.05, 0.1) is 0 Å². The lowest BCUT2D eigenvalue weighted by Crippen LogP contribution is -1.88. The van der Waals surface area contributed by atoms with Gasteiger partial charge in [0.2, 0.25) is 0 Å². The van der Waals surface area contributed by atoms with Crippen LogP contribution in [0.15, 0.2) is 72.8 Å². The average Bonchev–Trinajstić information content (AvgIpc) is 2.67. The quantitative estimate of drug-likeness (QED) is 0.200. The van der Waals surface area contributed by atoms with Gasteiger partial charge in [-0.15, -0.1) is 0 Å². The van der Waals surface area contributed by atoms with Gasteiger partial charge >= 0.3 is 0 Å². The zero-order chi connectivity index (χ0) is 17.4. The van der Waals surface area contributed by atoms with Gasteiger partial charge < -0.3 is 0 Å². The van der Waals surface area contributed by atoms with Gasteiger partial charge in [-0.2, -0.15) is 0 Å². The lowest BCUT2D eigenvalue weighted by Gasteiger charge is -2.15. The molecule has 122 valence electrons. The minimum absolute atomic E-state index is 1.33. The maximum atomic E-state index is 2.40. The molecular formula is C26H18. The standard InChI is InChI=1S/C26H18/c1-15-6-7-16(2)23-14-24-20(13-22(15)23)12-19-9-8-17-4-3-5-18-10-11-21(24)26(19)25(17)18/h3-14H,1-2H3. The van der Waals surface area contributed by atoms with Crippen LogP contribution in [0.25, 0.3) is 53.9 Å². The zero-order valence-corrected chi connectivity index (χ0v) is 14.9. The van der Waals surface area contributed by atoms with E-state index < -0.39 is 0 Å². The van der Waals surface area contributed by atoms with E-state index in [0.29, 0.717) is 0 Å². The van der Waals surface area contributed by atoms with Crippen molar-refractivity contribution >= 4 is 53.9 Å². The van der Waals surface area contributed by atoms with Crippen molar-refractivity contribution in [1.29, 1.82) is 0 Å². The lowest BCUT2D eigenvalue weighted by atomic mass is 9.89. The van der Waals surface area contributed by atoms with Crippen LogP contribution in [0.1, 0.15) is 11.1 Å². The van der Waals surface area contributed by atoms with E-state index in [0.717, 1.165) is 0 Å². The fourth-order valence-electron chi connectivity index (χ4n) is 4.67. The highest BCUT2D eigenvalue weighted by molar-refractivity contribution is 6.29. The molecule has 0 aliphatic carbocycles.